The summed E-state index contributed by atoms with van der Waals surface area (Å²) in [5, 5.41) is 10.4. The average molecular weight is 832 g/mol. The van der Waals surface area contributed by atoms with Crippen LogP contribution in [0.25, 0.3) is 0 Å². The zero-order valence-corrected chi connectivity index (χ0v) is 38.7. The van der Waals surface area contributed by atoms with E-state index in [0.29, 0.717) is 19.3 Å². The van der Waals surface area contributed by atoms with E-state index in [1.165, 1.54) is 64.2 Å². The highest BCUT2D eigenvalue weighted by atomic mass is 16.5. The van der Waals surface area contributed by atoms with Crippen molar-refractivity contribution in [3.63, 3.8) is 0 Å². The fourth-order valence-corrected chi connectivity index (χ4v) is 9.43. The molecule has 0 aliphatic heterocycles. The number of carbonyl (C=O) groups excluding carboxylic acids is 3. The number of carboxylic acid groups (broad SMARTS) is 1. The van der Waals surface area contributed by atoms with Gasteiger partial charge < -0.3 is 29.3 Å². The first-order valence-corrected chi connectivity index (χ1v) is 23.5. The van der Waals surface area contributed by atoms with E-state index in [2.05, 4.69) is 42.0 Å². The van der Waals surface area contributed by atoms with Crippen LogP contribution in [-0.2, 0) is 35.4 Å². The molecule has 11 heteroatoms. The number of carbonyl (C=O) groups is 4. The predicted molar refractivity (Wildman–Crippen MR) is 234 cm³/mol. The third-order valence-electron chi connectivity index (χ3n) is 13.0. The molecule has 11 nitrogen and oxygen atoms in total. The normalized spacial score (nSPS) is 18.0. The molecule has 338 valence electrons. The highest BCUT2D eigenvalue weighted by Crippen LogP contribution is 2.44. The van der Waals surface area contributed by atoms with E-state index in [1.54, 1.807) is 4.57 Å². The highest BCUT2D eigenvalue weighted by molar-refractivity contribution is 5.78. The van der Waals surface area contributed by atoms with Crippen molar-refractivity contribution in [3.05, 3.63) is 30.6 Å². The minimum Gasteiger partial charge on any atom is -0.481 e. The number of amides is 1. The number of primary amides is 1. The maximum atomic E-state index is 14.2. The van der Waals surface area contributed by atoms with Gasteiger partial charge in [-0.25, -0.2) is 0 Å². The Morgan fingerprint density at radius 1 is 0.746 bits per heavy atom. The molecular formula is C48H87N4O7+3. The number of rotatable bonds is 33. The summed E-state index contributed by atoms with van der Waals surface area (Å²) >= 11 is 0. The number of esters is 2. The van der Waals surface area contributed by atoms with Gasteiger partial charge in [0, 0.05) is 18.1 Å². The van der Waals surface area contributed by atoms with E-state index in [4.69, 9.17) is 15.2 Å². The van der Waals surface area contributed by atoms with Crippen molar-refractivity contribution in [2.75, 3.05) is 54.4 Å². The minimum absolute atomic E-state index is 0.0386. The molecule has 6 unspecified atom stereocenters. The Kier molecular flexibility index (Phi) is 24.5. The molecule has 0 bridgehead atoms. The molecule has 1 aromatic rings. The van der Waals surface area contributed by atoms with Crippen molar-refractivity contribution in [2.45, 2.75) is 163 Å². The number of aromatic nitrogens is 1. The lowest BCUT2D eigenvalue weighted by atomic mass is 9.74. The Morgan fingerprint density at radius 2 is 1.29 bits per heavy atom. The quantitative estimate of drug-likeness (QED) is 0.0315. The summed E-state index contributed by atoms with van der Waals surface area (Å²) in [5.74, 6) is -4.84. The molecule has 3 N–H and O–H groups in total. The Morgan fingerprint density at radius 3 is 1.80 bits per heavy atom. The van der Waals surface area contributed by atoms with Crippen LogP contribution in [0.5, 0.6) is 0 Å². The zero-order valence-electron chi connectivity index (χ0n) is 38.7. The molecule has 1 aliphatic carbocycles. The van der Waals surface area contributed by atoms with Crippen LogP contribution in [0, 0.1) is 35.5 Å². The van der Waals surface area contributed by atoms with Gasteiger partial charge in [-0.05, 0) is 69.6 Å². The summed E-state index contributed by atoms with van der Waals surface area (Å²) in [4.78, 5) is 53.0. The Bertz CT molecular complexity index is 1330. The van der Waals surface area contributed by atoms with E-state index in [9.17, 15) is 24.3 Å². The number of hydrogen-bond acceptors (Lipinski definition) is 6. The van der Waals surface area contributed by atoms with Crippen LogP contribution in [0.1, 0.15) is 150 Å². The van der Waals surface area contributed by atoms with Gasteiger partial charge in [-0.1, -0.05) is 98.0 Å². The van der Waals surface area contributed by atoms with Gasteiger partial charge in [0.05, 0.1) is 59.0 Å². The van der Waals surface area contributed by atoms with Crippen LogP contribution < -0.4 is 10.3 Å². The molecule has 1 saturated carbocycles. The summed E-state index contributed by atoms with van der Waals surface area (Å²) in [5.41, 5.74) is 5.66. The topological polar surface area (TPSA) is 137 Å². The monoisotopic (exact) mass is 832 g/mol. The van der Waals surface area contributed by atoms with E-state index in [-0.39, 0.29) is 43.5 Å². The lowest BCUT2D eigenvalue weighted by Gasteiger charge is -2.38. The lowest BCUT2D eigenvalue weighted by molar-refractivity contribution is -0.914. The standard InChI is InChI=1S/C48H85N4O7/c1-9-12-14-16-18-23-30-51(5,6)35-42(36-52(7,8)31-24-19-17-15-13-10-2)59-47(56)38(4)32-41(48(57)58-37-50-28-21-20-22-29-50)33-40-26-25-27-43(40)44(46(54)55)34-39(11-3)45(49)53/h20-22,28-29,38-44H,9-19,23-27,30-37H2,1-8H3,(H-2,49,53,54,55)/q+1/p+2. The van der Waals surface area contributed by atoms with Gasteiger partial charge in [0.1, 0.15) is 13.1 Å². The molecule has 1 heterocycles. The number of unbranched alkanes of at least 4 members (excludes halogenated alkanes) is 10. The molecule has 0 radical (unpaired) electrons. The molecule has 1 amide bonds. The molecule has 1 aliphatic rings. The van der Waals surface area contributed by atoms with Gasteiger partial charge in [-0.3, -0.25) is 19.2 Å². The van der Waals surface area contributed by atoms with Crippen molar-refractivity contribution in [3.8, 4) is 0 Å². The number of nitrogens with two attached hydrogens (primary N) is 1. The molecule has 0 aromatic carbocycles. The zero-order chi connectivity index (χ0) is 43.8. The van der Waals surface area contributed by atoms with Crippen molar-refractivity contribution in [2.24, 2.45) is 41.2 Å². The summed E-state index contributed by atoms with van der Waals surface area (Å²) in [6.07, 6.45) is 21.8. The van der Waals surface area contributed by atoms with Crippen LogP contribution in [0.2, 0.25) is 0 Å². The maximum Gasteiger partial charge on any atom is 0.313 e. The predicted octanol–water partition coefficient (Wildman–Crippen LogP) is 8.31. The van der Waals surface area contributed by atoms with Gasteiger partial charge in [0.2, 0.25) is 5.91 Å². The smallest absolute Gasteiger partial charge is 0.313 e. The van der Waals surface area contributed by atoms with Crippen LogP contribution in [0.15, 0.2) is 30.6 Å². The molecule has 2 rings (SSSR count). The summed E-state index contributed by atoms with van der Waals surface area (Å²) < 4.78 is 15.7. The van der Waals surface area contributed by atoms with Crippen LogP contribution in [0.3, 0.4) is 0 Å². The van der Waals surface area contributed by atoms with E-state index >= 15 is 0 Å². The number of nitrogens with zero attached hydrogens (tertiary/aromatic N) is 3. The third-order valence-corrected chi connectivity index (χ3v) is 13.0. The second kappa shape index (κ2) is 27.7. The molecule has 59 heavy (non-hydrogen) atoms. The van der Waals surface area contributed by atoms with Gasteiger partial charge in [0.15, 0.2) is 18.5 Å². The summed E-state index contributed by atoms with van der Waals surface area (Å²) in [6.45, 7) is 11.7. The van der Waals surface area contributed by atoms with E-state index in [0.717, 1.165) is 60.8 Å². The second-order valence-corrected chi connectivity index (χ2v) is 19.4. The van der Waals surface area contributed by atoms with Crippen molar-refractivity contribution >= 4 is 23.8 Å². The van der Waals surface area contributed by atoms with Crippen molar-refractivity contribution in [1.82, 2.24) is 0 Å². The second-order valence-electron chi connectivity index (χ2n) is 19.4. The number of aliphatic carboxylic acids is 1. The number of ether oxygens (including phenoxy) is 2. The van der Waals surface area contributed by atoms with Crippen LogP contribution in [-0.4, -0.2) is 98.4 Å². The van der Waals surface area contributed by atoms with Crippen LogP contribution in [0.4, 0.5) is 0 Å². The fourth-order valence-electron chi connectivity index (χ4n) is 9.43. The average Bonchev–Trinajstić information content (AvgIpc) is 3.63. The number of carboxylic acids is 1. The minimum atomic E-state index is -0.931. The van der Waals surface area contributed by atoms with Crippen molar-refractivity contribution < 1.29 is 47.3 Å². The Hall–Kier alpha value is -3.05. The van der Waals surface area contributed by atoms with E-state index in [1.807, 2.05) is 44.4 Å². The SMILES string of the molecule is CCCCCCCC[N+](C)(C)CC(C[N+](C)(C)CCCCCCCC)OC(=O)C(C)CC(CC1CCCC1C(CC(CC)C(N)=O)C(=O)O)C(=O)OC[n+]1ccccc1. The molecule has 0 spiro atoms. The fraction of sp³-hybridized carbons (Fsp3) is 0.812. The first-order valence-electron chi connectivity index (χ1n) is 23.5. The molecule has 0 saturated heterocycles. The summed E-state index contributed by atoms with van der Waals surface area (Å²) in [7, 11) is 8.98. The first-order chi connectivity index (χ1) is 28.0. The van der Waals surface area contributed by atoms with Crippen molar-refractivity contribution in [1.29, 1.82) is 0 Å². The van der Waals surface area contributed by atoms with Gasteiger partial charge in [0.25, 0.3) is 6.73 Å². The molecular weight excluding hydrogens is 745 g/mol. The Labute approximate surface area is 358 Å². The third kappa shape index (κ3) is 20.9. The first kappa shape index (κ1) is 52.1. The molecule has 1 fully saturated rings. The van der Waals surface area contributed by atoms with Crippen LogP contribution >= 0.6 is 0 Å². The maximum absolute atomic E-state index is 14.2. The number of pyridine rings is 1. The highest BCUT2D eigenvalue weighted by Gasteiger charge is 2.42. The molecule has 1 aromatic heterocycles. The van der Waals surface area contributed by atoms with Gasteiger partial charge >= 0.3 is 17.9 Å². The number of quaternary nitrogens is 2. The molecule has 6 atom stereocenters. The van der Waals surface area contributed by atoms with Gasteiger partial charge in [-0.2, -0.15) is 4.57 Å². The number of hydrogen-bond donors (Lipinski definition) is 2. The lowest BCUT2D eigenvalue weighted by Crippen LogP contribution is -2.54. The van der Waals surface area contributed by atoms with E-state index < -0.39 is 41.5 Å². The summed E-state index contributed by atoms with van der Waals surface area (Å²) in [6, 6.07) is 5.63. The number of likely N-dealkylation sites (N-methyl/N-ethyl adjacent to an activating group) is 2. The van der Waals surface area contributed by atoms with Gasteiger partial charge in [-0.15, -0.1) is 0 Å². The largest absolute Gasteiger partial charge is 0.481 e. The Balaban J connectivity index is 2.28.